The van der Waals surface area contributed by atoms with E-state index < -0.39 is 5.95 Å². The monoisotopic (exact) mass is 240 g/mol. The van der Waals surface area contributed by atoms with Gasteiger partial charge in [0.1, 0.15) is 5.75 Å². The van der Waals surface area contributed by atoms with Gasteiger partial charge in [-0.05, 0) is 18.2 Å². The van der Waals surface area contributed by atoms with Crippen molar-refractivity contribution in [3.05, 3.63) is 60.7 Å². The molecule has 0 unspecified atom stereocenters. The highest BCUT2D eigenvalue weighted by Crippen LogP contribution is 2.22. The van der Waals surface area contributed by atoms with Gasteiger partial charge in [0.15, 0.2) is 0 Å². The molecule has 0 aliphatic heterocycles. The van der Waals surface area contributed by atoms with E-state index >= 15 is 0 Å². The minimum absolute atomic E-state index is 0.215. The maximum absolute atomic E-state index is 12.9. The Morgan fingerprint density at radius 1 is 1.00 bits per heavy atom. The molecule has 1 aromatic carbocycles. The molecule has 0 aliphatic rings. The summed E-state index contributed by atoms with van der Waals surface area (Å²) in [4.78, 5) is 7.89. The Balaban J connectivity index is 1.95. The Kier molecular flexibility index (Phi) is 2.61. The third-order valence-electron chi connectivity index (χ3n) is 2.48. The van der Waals surface area contributed by atoms with Gasteiger partial charge >= 0.3 is 0 Å². The molecule has 3 aromatic rings. The summed E-state index contributed by atoms with van der Waals surface area (Å²) in [5, 5.41) is 0.964. The highest BCUT2D eigenvalue weighted by atomic mass is 19.1. The molecule has 0 spiro atoms. The molecule has 0 saturated heterocycles. The molecular weight excluding hydrogens is 231 g/mol. The molecule has 2 heterocycles. The van der Waals surface area contributed by atoms with Crippen LogP contribution in [0.5, 0.6) is 11.6 Å². The molecule has 3 nitrogen and oxygen atoms in total. The van der Waals surface area contributed by atoms with Crippen molar-refractivity contribution in [2.75, 3.05) is 0 Å². The number of ether oxygens (including phenoxy) is 1. The van der Waals surface area contributed by atoms with Crippen LogP contribution in [-0.4, -0.2) is 9.97 Å². The third kappa shape index (κ3) is 2.13. The van der Waals surface area contributed by atoms with Gasteiger partial charge in [0.2, 0.25) is 11.8 Å². The van der Waals surface area contributed by atoms with Crippen molar-refractivity contribution in [1.82, 2.24) is 9.97 Å². The second kappa shape index (κ2) is 4.41. The van der Waals surface area contributed by atoms with Gasteiger partial charge in [0.25, 0.3) is 0 Å². The van der Waals surface area contributed by atoms with Gasteiger partial charge < -0.3 is 4.74 Å². The van der Waals surface area contributed by atoms with Crippen LogP contribution < -0.4 is 4.74 Å². The average molecular weight is 240 g/mol. The van der Waals surface area contributed by atoms with Gasteiger partial charge in [-0.1, -0.05) is 24.3 Å². The van der Waals surface area contributed by atoms with E-state index in [0.717, 1.165) is 10.9 Å². The number of hydrogen-bond acceptors (Lipinski definition) is 3. The van der Waals surface area contributed by atoms with E-state index in [-0.39, 0.29) is 5.88 Å². The molecule has 0 radical (unpaired) electrons. The fourth-order valence-corrected chi connectivity index (χ4v) is 1.67. The molecular formula is C14H9FN2O. The van der Waals surface area contributed by atoms with Crippen LogP contribution in [0.3, 0.4) is 0 Å². The summed E-state index contributed by atoms with van der Waals surface area (Å²) < 4.78 is 18.4. The smallest absolute Gasteiger partial charge is 0.221 e. The van der Waals surface area contributed by atoms with Gasteiger partial charge in [0.05, 0.1) is 11.7 Å². The van der Waals surface area contributed by atoms with Crippen LogP contribution in [-0.2, 0) is 0 Å². The maximum atomic E-state index is 12.9. The topological polar surface area (TPSA) is 35.0 Å². The first kappa shape index (κ1) is 10.7. The lowest BCUT2D eigenvalue weighted by molar-refractivity contribution is 0.444. The molecule has 0 fully saturated rings. The van der Waals surface area contributed by atoms with Crippen LogP contribution >= 0.6 is 0 Å². The van der Waals surface area contributed by atoms with Crippen molar-refractivity contribution in [3.8, 4) is 11.6 Å². The Labute approximate surface area is 103 Å². The highest BCUT2D eigenvalue weighted by molar-refractivity contribution is 5.79. The largest absolute Gasteiger partial charge is 0.437 e. The molecule has 0 atom stereocenters. The van der Waals surface area contributed by atoms with Crippen molar-refractivity contribution in [2.24, 2.45) is 0 Å². The van der Waals surface area contributed by atoms with E-state index in [0.29, 0.717) is 5.75 Å². The van der Waals surface area contributed by atoms with Crippen LogP contribution in [0, 0.1) is 5.95 Å². The highest BCUT2D eigenvalue weighted by Gasteiger charge is 2.02. The second-order valence-corrected chi connectivity index (χ2v) is 3.76. The van der Waals surface area contributed by atoms with Crippen molar-refractivity contribution < 1.29 is 9.13 Å². The van der Waals surface area contributed by atoms with Crippen molar-refractivity contribution in [2.45, 2.75) is 0 Å². The number of hydrogen-bond donors (Lipinski definition) is 0. The zero-order valence-corrected chi connectivity index (χ0v) is 9.38. The lowest BCUT2D eigenvalue weighted by Gasteiger charge is -2.05. The molecule has 0 amide bonds. The first-order valence-electron chi connectivity index (χ1n) is 5.46. The molecule has 4 heteroatoms. The standard InChI is InChI=1S/C14H9FN2O/c15-13-6-3-7-14(17-13)18-11-8-10-4-1-2-5-12(10)16-9-11/h1-9H. The molecule has 0 aliphatic carbocycles. The number of pyridine rings is 2. The summed E-state index contributed by atoms with van der Waals surface area (Å²) in [6, 6.07) is 14.0. The van der Waals surface area contributed by atoms with E-state index in [9.17, 15) is 4.39 Å². The Hall–Kier alpha value is -2.49. The first-order chi connectivity index (χ1) is 8.81. The van der Waals surface area contributed by atoms with E-state index in [1.165, 1.54) is 6.07 Å². The number of halogens is 1. The minimum atomic E-state index is -0.568. The number of para-hydroxylation sites is 1. The zero-order chi connectivity index (χ0) is 12.4. The fraction of sp³-hybridized carbons (Fsp3) is 0. The van der Waals surface area contributed by atoms with Gasteiger partial charge in [-0.25, -0.2) is 0 Å². The summed E-state index contributed by atoms with van der Waals surface area (Å²) in [6.45, 7) is 0. The molecule has 0 saturated carbocycles. The SMILES string of the molecule is Fc1cccc(Oc2cnc3ccccc3c2)n1. The maximum Gasteiger partial charge on any atom is 0.221 e. The van der Waals surface area contributed by atoms with Crippen LogP contribution in [0.25, 0.3) is 10.9 Å². The van der Waals surface area contributed by atoms with E-state index in [1.807, 2.05) is 30.3 Å². The van der Waals surface area contributed by atoms with Gasteiger partial charge in [-0.3, -0.25) is 4.98 Å². The normalized spacial score (nSPS) is 10.5. The Morgan fingerprint density at radius 2 is 1.89 bits per heavy atom. The Bertz CT molecular complexity index is 700. The number of fused-ring (bicyclic) bond motifs is 1. The molecule has 18 heavy (non-hydrogen) atoms. The lowest BCUT2D eigenvalue weighted by atomic mass is 10.2. The average Bonchev–Trinajstić information content (AvgIpc) is 2.39. The van der Waals surface area contributed by atoms with E-state index in [4.69, 9.17) is 4.74 Å². The quantitative estimate of drug-likeness (QED) is 0.642. The summed E-state index contributed by atoms with van der Waals surface area (Å²) in [5.41, 5.74) is 0.886. The number of rotatable bonds is 2. The van der Waals surface area contributed by atoms with E-state index in [1.54, 1.807) is 18.3 Å². The predicted octanol–water partition coefficient (Wildman–Crippen LogP) is 3.56. The van der Waals surface area contributed by atoms with Crippen LogP contribution in [0.4, 0.5) is 4.39 Å². The molecule has 2 aromatic heterocycles. The minimum Gasteiger partial charge on any atom is -0.437 e. The number of aromatic nitrogens is 2. The van der Waals surface area contributed by atoms with Crippen LogP contribution in [0.15, 0.2) is 54.7 Å². The van der Waals surface area contributed by atoms with E-state index in [2.05, 4.69) is 9.97 Å². The van der Waals surface area contributed by atoms with Gasteiger partial charge in [-0.15, -0.1) is 0 Å². The third-order valence-corrected chi connectivity index (χ3v) is 2.48. The van der Waals surface area contributed by atoms with Gasteiger partial charge in [-0.2, -0.15) is 9.37 Å². The zero-order valence-electron chi connectivity index (χ0n) is 9.38. The molecule has 88 valence electrons. The molecule has 0 N–H and O–H groups in total. The number of nitrogens with zero attached hydrogens (tertiary/aromatic N) is 2. The lowest BCUT2D eigenvalue weighted by Crippen LogP contribution is -1.90. The van der Waals surface area contributed by atoms with Crippen LogP contribution in [0.2, 0.25) is 0 Å². The van der Waals surface area contributed by atoms with Crippen molar-refractivity contribution >= 4 is 10.9 Å². The summed E-state index contributed by atoms with van der Waals surface area (Å²) >= 11 is 0. The molecule has 3 rings (SSSR count). The van der Waals surface area contributed by atoms with Crippen LogP contribution in [0.1, 0.15) is 0 Å². The second-order valence-electron chi connectivity index (χ2n) is 3.76. The van der Waals surface area contributed by atoms with Crippen molar-refractivity contribution in [3.63, 3.8) is 0 Å². The number of benzene rings is 1. The van der Waals surface area contributed by atoms with Gasteiger partial charge in [0, 0.05) is 11.5 Å². The summed E-state index contributed by atoms with van der Waals surface area (Å²) in [6.07, 6.45) is 1.59. The summed E-state index contributed by atoms with van der Waals surface area (Å²) in [7, 11) is 0. The summed E-state index contributed by atoms with van der Waals surface area (Å²) in [5.74, 6) is 0.181. The van der Waals surface area contributed by atoms with Crippen molar-refractivity contribution in [1.29, 1.82) is 0 Å². The predicted molar refractivity (Wildman–Crippen MR) is 66.0 cm³/mol. The first-order valence-corrected chi connectivity index (χ1v) is 5.46. The Morgan fingerprint density at radius 3 is 2.78 bits per heavy atom. The fourth-order valence-electron chi connectivity index (χ4n) is 1.67. The molecule has 0 bridgehead atoms.